The lowest BCUT2D eigenvalue weighted by atomic mass is 9.98. The molecule has 0 bridgehead atoms. The van der Waals surface area contributed by atoms with E-state index < -0.39 is 23.8 Å². The highest BCUT2D eigenvalue weighted by molar-refractivity contribution is 7.80. The maximum atomic E-state index is 13.2. The summed E-state index contributed by atoms with van der Waals surface area (Å²) in [7, 11) is 1.27. The molecule has 0 spiro atoms. The van der Waals surface area contributed by atoms with Gasteiger partial charge in [0.05, 0.1) is 12.7 Å². The quantitative estimate of drug-likeness (QED) is 0.476. The minimum atomic E-state index is -4.47. The maximum absolute atomic E-state index is 13.2. The van der Waals surface area contributed by atoms with Gasteiger partial charge >= 0.3 is 12.1 Å². The van der Waals surface area contributed by atoms with E-state index in [1.54, 1.807) is 11.0 Å². The summed E-state index contributed by atoms with van der Waals surface area (Å²) in [5.41, 5.74) is -0.312. The fourth-order valence-corrected chi connectivity index (χ4v) is 2.83. The van der Waals surface area contributed by atoms with Gasteiger partial charge in [-0.3, -0.25) is 0 Å². The van der Waals surface area contributed by atoms with Crippen LogP contribution in [-0.2, 0) is 22.1 Å². The fraction of sp³-hybridized carbons (Fsp3) is 0.375. The second-order valence-corrected chi connectivity index (χ2v) is 5.58. The van der Waals surface area contributed by atoms with E-state index in [1.807, 2.05) is 0 Å². The Bertz CT molecular complexity index is 643. The molecule has 1 heterocycles. The van der Waals surface area contributed by atoms with Crippen LogP contribution in [0.4, 0.5) is 13.2 Å². The number of hydrogen-bond donors (Lipinski definition) is 0. The number of alkyl halides is 3. The summed E-state index contributed by atoms with van der Waals surface area (Å²) in [4.78, 5) is 13.4. The molecule has 0 aliphatic carbocycles. The van der Waals surface area contributed by atoms with Crippen molar-refractivity contribution in [3.8, 4) is 0 Å². The molecule has 1 aromatic carbocycles. The van der Waals surface area contributed by atoms with Gasteiger partial charge in [-0.05, 0) is 24.5 Å². The van der Waals surface area contributed by atoms with E-state index in [2.05, 4.69) is 11.3 Å². The zero-order valence-electron chi connectivity index (χ0n) is 12.5. The van der Waals surface area contributed by atoms with Crippen molar-refractivity contribution in [3.05, 3.63) is 47.5 Å². The number of benzene rings is 1. The molecule has 1 aromatic rings. The minimum Gasteiger partial charge on any atom is -0.467 e. The maximum Gasteiger partial charge on any atom is 0.416 e. The van der Waals surface area contributed by atoms with Gasteiger partial charge in [-0.2, -0.15) is 13.2 Å². The van der Waals surface area contributed by atoms with Crippen LogP contribution in [0, 0.1) is 0 Å². The Labute approximate surface area is 137 Å². The Morgan fingerprint density at radius 1 is 1.52 bits per heavy atom. The van der Waals surface area contributed by atoms with Crippen LogP contribution in [-0.4, -0.2) is 35.6 Å². The second kappa shape index (κ2) is 6.70. The van der Waals surface area contributed by atoms with Gasteiger partial charge in [0.25, 0.3) is 0 Å². The van der Waals surface area contributed by atoms with Crippen LogP contribution in [0.25, 0.3) is 0 Å². The van der Waals surface area contributed by atoms with E-state index >= 15 is 0 Å². The molecular formula is C16H16F3NO2S. The molecule has 0 aromatic heterocycles. The lowest BCUT2D eigenvalue weighted by Crippen LogP contribution is -2.55. The first-order valence-electron chi connectivity index (χ1n) is 6.99. The monoisotopic (exact) mass is 343 g/mol. The van der Waals surface area contributed by atoms with Gasteiger partial charge in [0.15, 0.2) is 0 Å². The molecule has 1 aliphatic rings. The first-order valence-corrected chi connectivity index (χ1v) is 7.40. The molecule has 3 nitrogen and oxygen atoms in total. The average molecular weight is 343 g/mol. The van der Waals surface area contributed by atoms with Crippen LogP contribution in [0.3, 0.4) is 0 Å². The number of carbonyl (C=O) groups is 1. The number of carbonyl (C=O) groups excluding carboxylic acids is 1. The molecule has 1 fully saturated rings. The van der Waals surface area contributed by atoms with Crippen LogP contribution in [0.2, 0.25) is 0 Å². The molecule has 7 heteroatoms. The van der Waals surface area contributed by atoms with Gasteiger partial charge in [0.1, 0.15) is 11.0 Å². The van der Waals surface area contributed by atoms with Crippen molar-refractivity contribution in [2.45, 2.75) is 25.1 Å². The number of halogens is 3. The third kappa shape index (κ3) is 3.55. The van der Waals surface area contributed by atoms with Crippen LogP contribution in [0.5, 0.6) is 0 Å². The van der Waals surface area contributed by atoms with Crippen molar-refractivity contribution >= 4 is 23.2 Å². The van der Waals surface area contributed by atoms with Crippen LogP contribution in [0.1, 0.15) is 23.1 Å². The zero-order chi connectivity index (χ0) is 17.2. The summed E-state index contributed by atoms with van der Waals surface area (Å²) < 4.78 is 44.3. The molecule has 0 unspecified atom stereocenters. The molecule has 2 rings (SSSR count). The summed E-state index contributed by atoms with van der Waals surface area (Å²) in [5.74, 6) is -0.432. The topological polar surface area (TPSA) is 29.5 Å². The highest BCUT2D eigenvalue weighted by atomic mass is 32.1. The third-order valence-electron chi connectivity index (χ3n) is 3.78. The van der Waals surface area contributed by atoms with E-state index in [9.17, 15) is 18.0 Å². The van der Waals surface area contributed by atoms with E-state index in [-0.39, 0.29) is 22.5 Å². The van der Waals surface area contributed by atoms with E-state index in [1.165, 1.54) is 19.3 Å². The number of hydrogen-bond acceptors (Lipinski definition) is 3. The van der Waals surface area contributed by atoms with Crippen molar-refractivity contribution in [3.63, 3.8) is 0 Å². The second-order valence-electron chi connectivity index (χ2n) is 5.19. The highest BCUT2D eigenvalue weighted by Crippen LogP contribution is 2.34. The predicted octanol–water partition coefficient (Wildman–Crippen LogP) is 3.36. The van der Waals surface area contributed by atoms with Crippen molar-refractivity contribution in [1.29, 1.82) is 0 Å². The highest BCUT2D eigenvalue weighted by Gasteiger charge is 2.38. The fourth-order valence-electron chi connectivity index (χ4n) is 2.48. The van der Waals surface area contributed by atoms with Gasteiger partial charge in [0, 0.05) is 12.1 Å². The number of thiocarbonyl (C=S) groups is 1. The molecule has 0 radical (unpaired) electrons. The standard InChI is InChI=1S/C16H16F3NO2S/c1-3-4-10-5-6-11(9-12(10)16(17,18)19)14(23)20-8-7-13(20)15(21)22-2/h3,5-6,9,13H,1,4,7-8H2,2H3/t13-/m1/s1. The first kappa shape index (κ1) is 17.5. The Balaban J connectivity index is 2.31. The van der Waals surface area contributed by atoms with Gasteiger partial charge in [-0.15, -0.1) is 6.58 Å². The molecule has 0 amide bonds. The molecular weight excluding hydrogens is 327 g/mol. The SMILES string of the molecule is C=CCc1ccc(C(=S)N2CC[C@@H]2C(=O)OC)cc1C(F)(F)F. The number of esters is 1. The molecule has 124 valence electrons. The van der Waals surface area contributed by atoms with Crippen molar-refractivity contribution in [2.75, 3.05) is 13.7 Å². The molecule has 0 saturated carbocycles. The Morgan fingerprint density at radius 3 is 2.70 bits per heavy atom. The molecule has 1 atom stereocenters. The predicted molar refractivity (Wildman–Crippen MR) is 84.2 cm³/mol. The largest absolute Gasteiger partial charge is 0.467 e. The zero-order valence-corrected chi connectivity index (χ0v) is 13.3. The lowest BCUT2D eigenvalue weighted by molar-refractivity contribution is -0.148. The smallest absolute Gasteiger partial charge is 0.416 e. The van der Waals surface area contributed by atoms with Crippen LogP contribution >= 0.6 is 12.2 Å². The van der Waals surface area contributed by atoms with Gasteiger partial charge in [-0.1, -0.05) is 30.4 Å². The summed E-state index contributed by atoms with van der Waals surface area (Å²) in [5, 5.41) is 0. The summed E-state index contributed by atoms with van der Waals surface area (Å²) in [6, 6.07) is 3.46. The van der Waals surface area contributed by atoms with E-state index in [0.717, 1.165) is 6.07 Å². The van der Waals surface area contributed by atoms with Crippen molar-refractivity contribution in [2.24, 2.45) is 0 Å². The van der Waals surface area contributed by atoms with Gasteiger partial charge in [-0.25, -0.2) is 4.79 Å². The lowest BCUT2D eigenvalue weighted by Gasteiger charge is -2.40. The number of rotatable bonds is 4. The number of nitrogens with zero attached hydrogens (tertiary/aromatic N) is 1. The molecule has 23 heavy (non-hydrogen) atoms. The Kier molecular flexibility index (Phi) is 5.09. The van der Waals surface area contributed by atoms with Gasteiger partial charge < -0.3 is 9.64 Å². The Hall–Kier alpha value is -1.89. The van der Waals surface area contributed by atoms with Crippen molar-refractivity contribution in [1.82, 2.24) is 4.90 Å². The minimum absolute atomic E-state index is 0.121. The third-order valence-corrected chi connectivity index (χ3v) is 4.25. The van der Waals surface area contributed by atoms with Crippen LogP contribution < -0.4 is 0 Å². The summed E-state index contributed by atoms with van der Waals surface area (Å²) in [6.07, 6.45) is -2.35. The normalized spacial score (nSPS) is 17.4. The van der Waals surface area contributed by atoms with Crippen molar-refractivity contribution < 1.29 is 22.7 Å². The number of ether oxygens (including phenoxy) is 1. The Morgan fingerprint density at radius 2 is 2.22 bits per heavy atom. The molecule has 0 N–H and O–H groups in total. The summed E-state index contributed by atoms with van der Waals surface area (Å²) >= 11 is 5.26. The number of likely N-dealkylation sites (tertiary alicyclic amines) is 1. The summed E-state index contributed by atoms with van der Waals surface area (Å²) in [6.45, 7) is 4.00. The molecule has 1 aliphatic heterocycles. The number of methoxy groups -OCH3 is 1. The van der Waals surface area contributed by atoms with Crippen LogP contribution in [0.15, 0.2) is 30.9 Å². The first-order chi connectivity index (χ1) is 10.8. The average Bonchev–Trinajstić information content (AvgIpc) is 2.45. The van der Waals surface area contributed by atoms with Gasteiger partial charge in [0.2, 0.25) is 0 Å². The van der Waals surface area contributed by atoms with E-state index in [4.69, 9.17) is 12.2 Å². The molecule has 1 saturated heterocycles. The number of allylic oxidation sites excluding steroid dienone is 1. The van der Waals surface area contributed by atoms with E-state index in [0.29, 0.717) is 13.0 Å².